The highest BCUT2D eigenvalue weighted by molar-refractivity contribution is 5.70. The molecule has 3 nitrogen and oxygen atoms in total. The first-order valence-electron chi connectivity index (χ1n) is 7.83. The third-order valence-electron chi connectivity index (χ3n) is 3.25. The second-order valence-corrected chi connectivity index (χ2v) is 5.10. The Morgan fingerprint density at radius 2 is 1.55 bits per heavy atom. The summed E-state index contributed by atoms with van der Waals surface area (Å²) in [6, 6.07) is 9.14. The van der Waals surface area contributed by atoms with Crippen LogP contribution in [0.15, 0.2) is 30.3 Å². The van der Waals surface area contributed by atoms with Crippen molar-refractivity contribution in [2.45, 2.75) is 58.3 Å². The van der Waals surface area contributed by atoms with E-state index in [0.29, 0.717) is 12.3 Å². The zero-order valence-corrected chi connectivity index (χ0v) is 12.6. The molecule has 20 heavy (non-hydrogen) atoms. The number of carbonyl (C=O) groups excluding carboxylic acids is 1. The molecule has 1 rings (SSSR count). The number of rotatable bonds is 10. The molecular formula is C17H27NO2. The molecule has 1 aromatic carbocycles. The van der Waals surface area contributed by atoms with E-state index in [4.69, 9.17) is 4.74 Å². The largest absolute Gasteiger partial charge is 0.412 e. The van der Waals surface area contributed by atoms with Gasteiger partial charge in [-0.25, -0.2) is 4.79 Å². The van der Waals surface area contributed by atoms with E-state index in [1.54, 1.807) is 12.1 Å². The molecule has 0 saturated carbocycles. The van der Waals surface area contributed by atoms with Gasteiger partial charge in [0.05, 0.1) is 0 Å². The average molecular weight is 277 g/mol. The van der Waals surface area contributed by atoms with Crippen LogP contribution >= 0.6 is 0 Å². The summed E-state index contributed by atoms with van der Waals surface area (Å²) in [5, 5.41) is 2.78. The van der Waals surface area contributed by atoms with Crippen molar-refractivity contribution in [3.8, 4) is 5.75 Å². The molecule has 0 unspecified atom stereocenters. The lowest BCUT2D eigenvalue weighted by Crippen LogP contribution is -2.27. The Hall–Kier alpha value is -1.51. The van der Waals surface area contributed by atoms with Gasteiger partial charge in [0.25, 0.3) is 0 Å². The van der Waals surface area contributed by atoms with E-state index in [9.17, 15) is 4.79 Å². The molecule has 0 bridgehead atoms. The van der Waals surface area contributed by atoms with Crippen LogP contribution in [-0.4, -0.2) is 12.6 Å². The van der Waals surface area contributed by atoms with E-state index in [-0.39, 0.29) is 6.09 Å². The highest BCUT2D eigenvalue weighted by Gasteiger charge is 2.02. The molecule has 1 N–H and O–H groups in total. The molecule has 3 heteroatoms. The zero-order chi connectivity index (χ0) is 14.5. The molecule has 0 atom stereocenters. The Kier molecular flexibility index (Phi) is 9.37. The molecule has 0 aliphatic rings. The zero-order valence-electron chi connectivity index (χ0n) is 12.6. The molecule has 0 aliphatic heterocycles. The number of carbonyl (C=O) groups is 1. The van der Waals surface area contributed by atoms with Crippen molar-refractivity contribution < 1.29 is 9.53 Å². The molecule has 0 radical (unpaired) electrons. The Morgan fingerprint density at radius 1 is 0.950 bits per heavy atom. The van der Waals surface area contributed by atoms with E-state index < -0.39 is 0 Å². The predicted octanol–water partition coefficient (Wildman–Crippen LogP) is 4.92. The normalized spacial score (nSPS) is 10.2. The van der Waals surface area contributed by atoms with Gasteiger partial charge in [0.1, 0.15) is 5.75 Å². The molecule has 0 heterocycles. The third kappa shape index (κ3) is 8.57. The predicted molar refractivity (Wildman–Crippen MR) is 83.1 cm³/mol. The van der Waals surface area contributed by atoms with E-state index in [0.717, 1.165) is 6.42 Å². The third-order valence-corrected chi connectivity index (χ3v) is 3.25. The number of unbranched alkanes of at least 4 members (excludes halogenated alkanes) is 7. The fourth-order valence-electron chi connectivity index (χ4n) is 2.08. The lowest BCUT2D eigenvalue weighted by Gasteiger charge is -2.06. The van der Waals surface area contributed by atoms with Crippen molar-refractivity contribution in [3.63, 3.8) is 0 Å². The number of amides is 1. The summed E-state index contributed by atoms with van der Waals surface area (Å²) in [4.78, 5) is 11.5. The van der Waals surface area contributed by atoms with Gasteiger partial charge in [-0.3, -0.25) is 0 Å². The standard InChI is InChI=1S/C17H27NO2/c1-2-3-4-5-6-7-8-12-15-18-17(19)20-16-13-10-9-11-14-16/h9-11,13-14H,2-8,12,15H2,1H3,(H,18,19). The fraction of sp³-hybridized carbons (Fsp3) is 0.588. The van der Waals surface area contributed by atoms with Crippen LogP contribution in [0.4, 0.5) is 4.79 Å². The van der Waals surface area contributed by atoms with Crippen LogP contribution in [0.5, 0.6) is 5.75 Å². The molecule has 0 aliphatic carbocycles. The van der Waals surface area contributed by atoms with Crippen LogP contribution in [0.1, 0.15) is 58.3 Å². The lowest BCUT2D eigenvalue weighted by atomic mass is 10.1. The molecular weight excluding hydrogens is 250 g/mol. The monoisotopic (exact) mass is 277 g/mol. The molecule has 1 amide bonds. The van der Waals surface area contributed by atoms with Gasteiger partial charge in [0.2, 0.25) is 0 Å². The summed E-state index contributed by atoms with van der Waals surface area (Å²) < 4.78 is 5.14. The van der Waals surface area contributed by atoms with E-state index in [2.05, 4.69) is 12.2 Å². The topological polar surface area (TPSA) is 38.3 Å². The van der Waals surface area contributed by atoms with E-state index >= 15 is 0 Å². The number of para-hydroxylation sites is 1. The number of nitrogens with one attached hydrogen (secondary N) is 1. The first kappa shape index (κ1) is 16.5. The molecule has 0 aromatic heterocycles. The Labute approximate surface area is 122 Å². The highest BCUT2D eigenvalue weighted by Crippen LogP contribution is 2.09. The Bertz CT molecular complexity index is 351. The second-order valence-electron chi connectivity index (χ2n) is 5.10. The Morgan fingerprint density at radius 3 is 2.20 bits per heavy atom. The Balaban J connectivity index is 1.92. The van der Waals surface area contributed by atoms with Crippen LogP contribution in [0.3, 0.4) is 0 Å². The van der Waals surface area contributed by atoms with Crippen molar-refractivity contribution in [1.82, 2.24) is 5.32 Å². The van der Waals surface area contributed by atoms with Gasteiger partial charge in [-0.15, -0.1) is 0 Å². The summed E-state index contributed by atoms with van der Waals surface area (Å²) in [5.41, 5.74) is 0. The van der Waals surface area contributed by atoms with Crippen LogP contribution in [0.2, 0.25) is 0 Å². The van der Waals surface area contributed by atoms with Crippen LogP contribution in [0.25, 0.3) is 0 Å². The maximum Gasteiger partial charge on any atom is 0.412 e. The maximum absolute atomic E-state index is 11.5. The summed E-state index contributed by atoms with van der Waals surface area (Å²) in [7, 11) is 0. The molecule has 1 aromatic rings. The van der Waals surface area contributed by atoms with Crippen LogP contribution in [-0.2, 0) is 0 Å². The number of hydrogen-bond donors (Lipinski definition) is 1. The minimum absolute atomic E-state index is 0.362. The summed E-state index contributed by atoms with van der Waals surface area (Å²) >= 11 is 0. The second kappa shape index (κ2) is 11.3. The molecule has 0 fully saturated rings. The highest BCUT2D eigenvalue weighted by atomic mass is 16.5. The van der Waals surface area contributed by atoms with Crippen LogP contribution in [0, 0.1) is 0 Å². The maximum atomic E-state index is 11.5. The van der Waals surface area contributed by atoms with Crippen molar-refractivity contribution in [3.05, 3.63) is 30.3 Å². The smallest absolute Gasteiger partial charge is 0.410 e. The van der Waals surface area contributed by atoms with Gasteiger partial charge in [-0.05, 0) is 18.6 Å². The first-order chi connectivity index (χ1) is 9.83. The number of ether oxygens (including phenoxy) is 1. The summed E-state index contributed by atoms with van der Waals surface area (Å²) in [6.07, 6.45) is 9.78. The average Bonchev–Trinajstić information content (AvgIpc) is 2.46. The minimum atomic E-state index is -0.362. The van der Waals surface area contributed by atoms with Gasteiger partial charge in [-0.2, -0.15) is 0 Å². The van der Waals surface area contributed by atoms with Gasteiger partial charge in [0.15, 0.2) is 0 Å². The number of hydrogen-bond acceptors (Lipinski definition) is 2. The van der Waals surface area contributed by atoms with Gasteiger partial charge in [-0.1, -0.05) is 70.1 Å². The minimum Gasteiger partial charge on any atom is -0.410 e. The van der Waals surface area contributed by atoms with Gasteiger partial charge in [0, 0.05) is 6.54 Å². The molecule has 112 valence electrons. The molecule has 0 saturated heterocycles. The quantitative estimate of drug-likeness (QED) is 0.617. The van der Waals surface area contributed by atoms with Gasteiger partial charge >= 0.3 is 6.09 Å². The van der Waals surface area contributed by atoms with Crippen molar-refractivity contribution in [1.29, 1.82) is 0 Å². The van der Waals surface area contributed by atoms with Crippen molar-refractivity contribution >= 4 is 6.09 Å². The summed E-state index contributed by atoms with van der Waals surface area (Å²) in [6.45, 7) is 2.93. The summed E-state index contributed by atoms with van der Waals surface area (Å²) in [5.74, 6) is 0.584. The van der Waals surface area contributed by atoms with E-state index in [1.165, 1.54) is 44.9 Å². The SMILES string of the molecule is CCCCCCCCCCNC(=O)Oc1ccccc1. The fourth-order valence-corrected chi connectivity index (χ4v) is 2.08. The van der Waals surface area contributed by atoms with Crippen LogP contribution < -0.4 is 10.1 Å². The number of benzene rings is 1. The molecule has 0 spiro atoms. The van der Waals surface area contributed by atoms with Crippen molar-refractivity contribution in [2.24, 2.45) is 0 Å². The van der Waals surface area contributed by atoms with Crippen molar-refractivity contribution in [2.75, 3.05) is 6.54 Å². The first-order valence-corrected chi connectivity index (χ1v) is 7.83. The lowest BCUT2D eigenvalue weighted by molar-refractivity contribution is 0.200. The van der Waals surface area contributed by atoms with E-state index in [1.807, 2.05) is 18.2 Å². The van der Waals surface area contributed by atoms with Gasteiger partial charge < -0.3 is 10.1 Å².